The fourth-order valence-electron chi connectivity index (χ4n) is 3.76. The van der Waals surface area contributed by atoms with Crippen molar-refractivity contribution in [1.82, 2.24) is 0 Å². The molecule has 1 amide bonds. The first-order valence-electron chi connectivity index (χ1n) is 11.0. The summed E-state index contributed by atoms with van der Waals surface area (Å²) in [6.07, 6.45) is 0.790. The van der Waals surface area contributed by atoms with Crippen LogP contribution >= 0.6 is 0 Å². The molecule has 0 saturated carbocycles. The van der Waals surface area contributed by atoms with Crippen LogP contribution in [0.2, 0.25) is 0 Å². The molecule has 0 aliphatic carbocycles. The molecular formula is C26H27N3O5. The first kappa shape index (κ1) is 24.4. The van der Waals surface area contributed by atoms with E-state index in [1.807, 2.05) is 37.3 Å². The molecule has 176 valence electrons. The average molecular weight is 462 g/mol. The normalized spacial score (nSPS) is 15.3. The fraction of sp³-hybridized carbons (Fsp3) is 0.269. The van der Waals surface area contributed by atoms with Crippen molar-refractivity contribution in [3.63, 3.8) is 0 Å². The number of rotatable bonds is 8. The maximum Gasteiger partial charge on any atom is 0.338 e. The Morgan fingerprint density at radius 2 is 1.94 bits per heavy atom. The van der Waals surface area contributed by atoms with Crippen molar-refractivity contribution < 1.29 is 23.8 Å². The SMILES string of the molecule is CCOC(=O)C1=C(C)OC(N)=C(C#N)C1c1cccc(OCC(=O)Nc2ccccc2CC)c1. The largest absolute Gasteiger partial charge is 0.484 e. The quantitative estimate of drug-likeness (QED) is 0.571. The number of carbonyl (C=O) groups is 2. The molecule has 2 aromatic carbocycles. The highest BCUT2D eigenvalue weighted by Crippen LogP contribution is 2.40. The Bertz CT molecular complexity index is 1190. The molecule has 1 heterocycles. The number of anilines is 1. The molecule has 0 radical (unpaired) electrons. The minimum atomic E-state index is -0.786. The first-order valence-corrected chi connectivity index (χ1v) is 11.0. The third-order valence-electron chi connectivity index (χ3n) is 5.33. The predicted octanol–water partition coefficient (Wildman–Crippen LogP) is 3.91. The Morgan fingerprint density at radius 1 is 1.18 bits per heavy atom. The van der Waals surface area contributed by atoms with Gasteiger partial charge in [-0.1, -0.05) is 37.3 Å². The summed E-state index contributed by atoms with van der Waals surface area (Å²) in [6.45, 7) is 5.26. The molecule has 1 unspecified atom stereocenters. The number of esters is 1. The van der Waals surface area contributed by atoms with Gasteiger partial charge in [-0.3, -0.25) is 4.79 Å². The van der Waals surface area contributed by atoms with Gasteiger partial charge >= 0.3 is 5.97 Å². The van der Waals surface area contributed by atoms with Gasteiger partial charge in [0.05, 0.1) is 18.1 Å². The maximum absolute atomic E-state index is 12.7. The molecule has 1 aliphatic rings. The minimum absolute atomic E-state index is 0.0710. The Labute approximate surface area is 198 Å². The molecule has 3 rings (SSSR count). The second kappa shape index (κ2) is 11.1. The van der Waals surface area contributed by atoms with Crippen LogP contribution < -0.4 is 15.8 Å². The van der Waals surface area contributed by atoms with Gasteiger partial charge in [-0.05, 0) is 49.6 Å². The third kappa shape index (κ3) is 5.38. The Kier molecular flexibility index (Phi) is 7.93. The smallest absolute Gasteiger partial charge is 0.338 e. The van der Waals surface area contributed by atoms with E-state index in [0.717, 1.165) is 17.7 Å². The van der Waals surface area contributed by atoms with E-state index >= 15 is 0 Å². The van der Waals surface area contributed by atoms with E-state index in [0.29, 0.717) is 11.3 Å². The van der Waals surface area contributed by atoms with Crippen LogP contribution in [-0.4, -0.2) is 25.1 Å². The summed E-state index contributed by atoms with van der Waals surface area (Å²) in [5.74, 6) is -1.09. The van der Waals surface area contributed by atoms with E-state index < -0.39 is 11.9 Å². The van der Waals surface area contributed by atoms with E-state index in [-0.39, 0.29) is 41.9 Å². The number of allylic oxidation sites excluding steroid dienone is 2. The summed E-state index contributed by atoms with van der Waals surface area (Å²) in [5, 5.41) is 12.6. The number of nitrogens with zero attached hydrogens (tertiary/aromatic N) is 1. The van der Waals surface area contributed by atoms with Crippen LogP contribution in [0.15, 0.2) is 71.3 Å². The van der Waals surface area contributed by atoms with Crippen LogP contribution in [0, 0.1) is 11.3 Å². The number of nitrogens with two attached hydrogens (primary N) is 1. The summed E-state index contributed by atoms with van der Waals surface area (Å²) in [6, 6.07) is 16.4. The van der Waals surface area contributed by atoms with Crippen LogP contribution in [0.5, 0.6) is 5.75 Å². The summed E-state index contributed by atoms with van der Waals surface area (Å²) in [5.41, 5.74) is 8.59. The minimum Gasteiger partial charge on any atom is -0.484 e. The second-order valence-corrected chi connectivity index (χ2v) is 7.54. The molecule has 8 heteroatoms. The summed E-state index contributed by atoms with van der Waals surface area (Å²) < 4.78 is 16.3. The topological polar surface area (TPSA) is 124 Å². The number of hydrogen-bond donors (Lipinski definition) is 2. The lowest BCUT2D eigenvalue weighted by atomic mass is 9.83. The van der Waals surface area contributed by atoms with E-state index in [1.165, 1.54) is 0 Å². The molecule has 3 N–H and O–H groups in total. The molecule has 0 spiro atoms. The highest BCUT2D eigenvalue weighted by atomic mass is 16.5. The van der Waals surface area contributed by atoms with Crippen molar-refractivity contribution in [2.75, 3.05) is 18.5 Å². The van der Waals surface area contributed by atoms with Crippen molar-refractivity contribution >= 4 is 17.6 Å². The van der Waals surface area contributed by atoms with E-state index in [4.69, 9.17) is 19.9 Å². The highest BCUT2D eigenvalue weighted by molar-refractivity contribution is 5.93. The Hall–Kier alpha value is -4.25. The maximum atomic E-state index is 12.7. The van der Waals surface area contributed by atoms with Crippen LogP contribution in [0.1, 0.15) is 37.8 Å². The molecule has 1 aliphatic heterocycles. The first-order chi connectivity index (χ1) is 16.4. The monoisotopic (exact) mass is 461 g/mol. The van der Waals surface area contributed by atoms with Gasteiger partial charge < -0.3 is 25.3 Å². The molecule has 8 nitrogen and oxygen atoms in total. The van der Waals surface area contributed by atoms with Crippen molar-refractivity contribution in [2.24, 2.45) is 5.73 Å². The highest BCUT2D eigenvalue weighted by Gasteiger charge is 2.36. The molecule has 0 aromatic heterocycles. The number of para-hydroxylation sites is 1. The molecule has 2 aromatic rings. The van der Waals surface area contributed by atoms with E-state index in [2.05, 4.69) is 5.32 Å². The number of nitrogens with one attached hydrogen (secondary N) is 1. The molecule has 34 heavy (non-hydrogen) atoms. The summed E-state index contributed by atoms with van der Waals surface area (Å²) >= 11 is 0. The predicted molar refractivity (Wildman–Crippen MR) is 126 cm³/mol. The molecule has 1 atom stereocenters. The molecule has 0 bridgehead atoms. The van der Waals surface area contributed by atoms with Gasteiger partial charge in [-0.2, -0.15) is 5.26 Å². The molecule has 0 saturated heterocycles. The number of nitriles is 1. The number of carbonyl (C=O) groups excluding carboxylic acids is 2. The lowest BCUT2D eigenvalue weighted by molar-refractivity contribution is -0.139. The number of hydrogen-bond acceptors (Lipinski definition) is 7. The van der Waals surface area contributed by atoms with E-state index in [9.17, 15) is 14.9 Å². The van der Waals surface area contributed by atoms with Crippen molar-refractivity contribution in [1.29, 1.82) is 5.26 Å². The van der Waals surface area contributed by atoms with Gasteiger partial charge in [0.15, 0.2) is 6.61 Å². The average Bonchev–Trinajstić information content (AvgIpc) is 2.83. The zero-order valence-electron chi connectivity index (χ0n) is 19.4. The second-order valence-electron chi connectivity index (χ2n) is 7.54. The van der Waals surface area contributed by atoms with Crippen molar-refractivity contribution in [3.8, 4) is 11.8 Å². The number of ether oxygens (including phenoxy) is 3. The Balaban J connectivity index is 1.82. The third-order valence-corrected chi connectivity index (χ3v) is 5.33. The lowest BCUT2D eigenvalue weighted by Crippen LogP contribution is -2.25. The number of amides is 1. The zero-order chi connectivity index (χ0) is 24.7. The van der Waals surface area contributed by atoms with Gasteiger partial charge in [-0.15, -0.1) is 0 Å². The molecule has 0 fully saturated rings. The van der Waals surface area contributed by atoms with Gasteiger partial charge in [0.25, 0.3) is 5.91 Å². The summed E-state index contributed by atoms with van der Waals surface area (Å²) in [7, 11) is 0. The van der Waals surface area contributed by atoms with Crippen LogP contribution in [0.4, 0.5) is 5.69 Å². The van der Waals surface area contributed by atoms with Gasteiger partial charge in [-0.25, -0.2) is 4.79 Å². The van der Waals surface area contributed by atoms with Crippen LogP contribution in [-0.2, 0) is 25.5 Å². The van der Waals surface area contributed by atoms with Gasteiger partial charge in [0.1, 0.15) is 23.2 Å². The lowest BCUT2D eigenvalue weighted by Gasteiger charge is -2.27. The summed E-state index contributed by atoms with van der Waals surface area (Å²) in [4.78, 5) is 25.1. The van der Waals surface area contributed by atoms with Crippen molar-refractivity contribution in [2.45, 2.75) is 33.1 Å². The number of benzene rings is 2. The van der Waals surface area contributed by atoms with Crippen LogP contribution in [0.3, 0.4) is 0 Å². The van der Waals surface area contributed by atoms with E-state index in [1.54, 1.807) is 38.1 Å². The zero-order valence-corrected chi connectivity index (χ0v) is 19.4. The number of aryl methyl sites for hydroxylation is 1. The van der Waals surface area contributed by atoms with Crippen LogP contribution in [0.25, 0.3) is 0 Å². The van der Waals surface area contributed by atoms with Gasteiger partial charge in [0.2, 0.25) is 5.88 Å². The standard InChI is InChI=1S/C26H27N3O5/c1-4-17-9-6-7-12-21(17)29-22(30)15-33-19-11-8-10-18(13-19)24-20(14-27)25(28)34-16(3)23(24)26(31)32-5-2/h6-13,24H,4-5,15,28H2,1-3H3,(H,29,30). The fourth-order valence-corrected chi connectivity index (χ4v) is 3.76. The van der Waals surface area contributed by atoms with Crippen molar-refractivity contribution in [3.05, 3.63) is 82.4 Å². The van der Waals surface area contributed by atoms with Gasteiger partial charge in [0, 0.05) is 5.69 Å². The molecular weight excluding hydrogens is 434 g/mol. The Morgan fingerprint density at radius 3 is 2.65 bits per heavy atom.